The van der Waals surface area contributed by atoms with Crippen LogP contribution in [-0.2, 0) is 4.74 Å². The molecule has 2 aromatic rings. The molecular formula is C20H25N2O2+. The zero-order chi connectivity index (χ0) is 16.8. The molecule has 4 heteroatoms. The maximum absolute atomic E-state index is 9.91. The molecule has 4 nitrogen and oxygen atoms in total. The molecular weight excluding hydrogens is 300 g/mol. The number of phenolic OH excluding ortho intramolecular Hbond substituents is 1. The van der Waals surface area contributed by atoms with Crippen molar-refractivity contribution in [1.29, 1.82) is 0 Å². The maximum atomic E-state index is 9.91. The summed E-state index contributed by atoms with van der Waals surface area (Å²) in [7, 11) is 0. The smallest absolute Gasteiger partial charge is 0.136 e. The van der Waals surface area contributed by atoms with Gasteiger partial charge < -0.3 is 14.7 Å². The molecule has 24 heavy (non-hydrogen) atoms. The first-order chi connectivity index (χ1) is 11.8. The summed E-state index contributed by atoms with van der Waals surface area (Å²) in [6.45, 7) is 5.74. The van der Waals surface area contributed by atoms with E-state index in [2.05, 4.69) is 31.2 Å². The molecule has 2 atom stereocenters. The summed E-state index contributed by atoms with van der Waals surface area (Å²) in [6.07, 6.45) is 1.79. The number of rotatable bonds is 5. The third-order valence-corrected chi connectivity index (χ3v) is 4.60. The predicted octanol–water partition coefficient (Wildman–Crippen LogP) is 1.86. The van der Waals surface area contributed by atoms with Crippen molar-refractivity contribution < 1.29 is 14.7 Å². The molecule has 1 aliphatic rings. The van der Waals surface area contributed by atoms with Crippen molar-refractivity contribution in [3.8, 4) is 5.75 Å². The lowest BCUT2D eigenvalue weighted by Gasteiger charge is -2.33. The van der Waals surface area contributed by atoms with Crippen molar-refractivity contribution in [3.05, 3.63) is 65.7 Å². The fourth-order valence-corrected chi connectivity index (χ4v) is 3.34. The third-order valence-electron chi connectivity index (χ3n) is 4.60. The summed E-state index contributed by atoms with van der Waals surface area (Å²) in [6, 6.07) is 18.3. The van der Waals surface area contributed by atoms with E-state index in [0.717, 1.165) is 31.9 Å². The van der Waals surface area contributed by atoms with Crippen molar-refractivity contribution in [3.63, 3.8) is 0 Å². The minimum atomic E-state index is 0.111. The van der Waals surface area contributed by atoms with Crippen LogP contribution < -0.4 is 4.90 Å². The van der Waals surface area contributed by atoms with Crippen LogP contribution in [0.5, 0.6) is 5.75 Å². The highest BCUT2D eigenvalue weighted by Crippen LogP contribution is 2.18. The van der Waals surface area contributed by atoms with Gasteiger partial charge in [-0.2, -0.15) is 0 Å². The number of phenols is 1. The molecule has 0 unspecified atom stereocenters. The molecule has 1 fully saturated rings. The molecule has 0 bridgehead atoms. The van der Waals surface area contributed by atoms with Crippen molar-refractivity contribution in [2.45, 2.75) is 19.0 Å². The Balaban J connectivity index is 1.83. The standard InChI is InChI=1S/C20H24N2O2/c1-16(21-15-18-9-5-6-10-19(18)23)20(17-7-3-2-4-8-17)22-11-13-24-14-12-22/h2-10,15-16,20,23H,11-14H2,1H3/p+1/t16-,20-/m0/s1. The molecule has 3 rings (SSSR count). The molecule has 0 spiro atoms. The highest BCUT2D eigenvalue weighted by atomic mass is 16.5. The van der Waals surface area contributed by atoms with E-state index in [-0.39, 0.29) is 17.8 Å². The highest BCUT2D eigenvalue weighted by Gasteiger charge is 2.30. The molecule has 2 N–H and O–H groups in total. The number of aliphatic imine (C=N–C) groups is 1. The molecule has 0 amide bonds. The molecule has 1 saturated heterocycles. The first-order valence-electron chi connectivity index (χ1n) is 8.54. The summed E-state index contributed by atoms with van der Waals surface area (Å²) < 4.78 is 5.52. The highest BCUT2D eigenvalue weighted by molar-refractivity contribution is 5.83. The Kier molecular flexibility index (Phi) is 5.62. The molecule has 126 valence electrons. The fraction of sp³-hybridized carbons (Fsp3) is 0.350. The van der Waals surface area contributed by atoms with Crippen LogP contribution in [0.3, 0.4) is 0 Å². The number of hydrogen-bond acceptors (Lipinski definition) is 3. The molecule has 0 radical (unpaired) electrons. The van der Waals surface area contributed by atoms with Crippen LogP contribution in [0, 0.1) is 0 Å². The predicted molar refractivity (Wildman–Crippen MR) is 95.9 cm³/mol. The lowest BCUT2D eigenvalue weighted by Crippen LogP contribution is -3.15. The van der Waals surface area contributed by atoms with E-state index in [1.54, 1.807) is 12.3 Å². The number of para-hydroxylation sites is 1. The number of hydrogen-bond donors (Lipinski definition) is 2. The van der Waals surface area contributed by atoms with Gasteiger partial charge in [0.2, 0.25) is 0 Å². The lowest BCUT2D eigenvalue weighted by atomic mass is 9.98. The zero-order valence-electron chi connectivity index (χ0n) is 14.1. The van der Waals surface area contributed by atoms with Gasteiger partial charge in [-0.15, -0.1) is 0 Å². The van der Waals surface area contributed by atoms with Crippen LogP contribution in [-0.4, -0.2) is 43.7 Å². The van der Waals surface area contributed by atoms with Gasteiger partial charge >= 0.3 is 0 Å². The average molecular weight is 325 g/mol. The fourth-order valence-electron chi connectivity index (χ4n) is 3.34. The van der Waals surface area contributed by atoms with E-state index < -0.39 is 0 Å². The Morgan fingerprint density at radius 1 is 1.04 bits per heavy atom. The van der Waals surface area contributed by atoms with Crippen LogP contribution in [0.4, 0.5) is 0 Å². The number of nitrogens with one attached hydrogen (secondary N) is 1. The molecule has 0 aliphatic carbocycles. The normalized spacial score (nSPS) is 18.5. The Morgan fingerprint density at radius 3 is 2.42 bits per heavy atom. The summed E-state index contributed by atoms with van der Waals surface area (Å²) in [5, 5.41) is 9.91. The maximum Gasteiger partial charge on any atom is 0.136 e. The van der Waals surface area contributed by atoms with E-state index in [9.17, 15) is 5.11 Å². The van der Waals surface area contributed by atoms with Crippen LogP contribution in [0.1, 0.15) is 24.1 Å². The topological polar surface area (TPSA) is 46.3 Å². The monoisotopic (exact) mass is 325 g/mol. The summed E-state index contributed by atoms with van der Waals surface area (Å²) in [5.41, 5.74) is 2.06. The van der Waals surface area contributed by atoms with Crippen LogP contribution in [0.15, 0.2) is 59.6 Å². The minimum absolute atomic E-state index is 0.111. The second-order valence-electron chi connectivity index (χ2n) is 6.24. The minimum Gasteiger partial charge on any atom is -0.507 e. The van der Waals surface area contributed by atoms with E-state index in [0.29, 0.717) is 0 Å². The summed E-state index contributed by atoms with van der Waals surface area (Å²) >= 11 is 0. The molecule has 2 aromatic carbocycles. The number of aromatic hydroxyl groups is 1. The summed E-state index contributed by atoms with van der Waals surface area (Å²) in [4.78, 5) is 6.27. The van der Waals surface area contributed by atoms with Gasteiger partial charge in [0.25, 0.3) is 0 Å². The number of nitrogens with zero attached hydrogens (tertiary/aromatic N) is 1. The number of morpholine rings is 1. The van der Waals surface area contributed by atoms with Gasteiger partial charge in [-0.05, 0) is 19.1 Å². The lowest BCUT2D eigenvalue weighted by molar-refractivity contribution is -0.940. The Morgan fingerprint density at radius 2 is 1.71 bits per heavy atom. The van der Waals surface area contributed by atoms with Gasteiger partial charge in [0.1, 0.15) is 30.9 Å². The van der Waals surface area contributed by atoms with Crippen molar-refractivity contribution in [1.82, 2.24) is 0 Å². The Hall–Kier alpha value is -2.17. The van der Waals surface area contributed by atoms with E-state index in [1.807, 2.05) is 24.3 Å². The van der Waals surface area contributed by atoms with Gasteiger partial charge in [-0.1, -0.05) is 42.5 Å². The SMILES string of the molecule is C[C@H](N=Cc1ccccc1O)[C@@H](c1ccccc1)[NH+]1CCOCC1. The van der Waals surface area contributed by atoms with Crippen molar-refractivity contribution in [2.24, 2.45) is 4.99 Å². The zero-order valence-corrected chi connectivity index (χ0v) is 14.1. The largest absolute Gasteiger partial charge is 0.507 e. The van der Waals surface area contributed by atoms with Gasteiger partial charge in [-0.3, -0.25) is 4.99 Å². The van der Waals surface area contributed by atoms with Gasteiger partial charge in [-0.25, -0.2) is 0 Å². The quantitative estimate of drug-likeness (QED) is 0.824. The Bertz CT molecular complexity index is 666. The first kappa shape index (κ1) is 16.7. The molecule has 0 aromatic heterocycles. The molecule has 1 heterocycles. The third kappa shape index (κ3) is 4.02. The van der Waals surface area contributed by atoms with Gasteiger partial charge in [0, 0.05) is 17.3 Å². The first-order valence-corrected chi connectivity index (χ1v) is 8.54. The van der Waals surface area contributed by atoms with E-state index in [4.69, 9.17) is 9.73 Å². The van der Waals surface area contributed by atoms with E-state index >= 15 is 0 Å². The van der Waals surface area contributed by atoms with Crippen LogP contribution in [0.25, 0.3) is 0 Å². The number of benzene rings is 2. The molecule has 0 saturated carbocycles. The number of ether oxygens (including phenoxy) is 1. The van der Waals surface area contributed by atoms with Crippen LogP contribution >= 0.6 is 0 Å². The summed E-state index contributed by atoms with van der Waals surface area (Å²) in [5.74, 6) is 0.267. The van der Waals surface area contributed by atoms with Crippen LogP contribution in [0.2, 0.25) is 0 Å². The van der Waals surface area contributed by atoms with Gasteiger partial charge in [0.05, 0.1) is 13.2 Å². The van der Waals surface area contributed by atoms with Gasteiger partial charge in [0.15, 0.2) is 0 Å². The molecule has 1 aliphatic heterocycles. The Labute approximate surface area is 143 Å². The second kappa shape index (κ2) is 8.08. The van der Waals surface area contributed by atoms with Crippen molar-refractivity contribution >= 4 is 6.21 Å². The average Bonchev–Trinajstić information content (AvgIpc) is 2.63. The second-order valence-corrected chi connectivity index (χ2v) is 6.24. The number of quaternary nitrogens is 1. The van der Waals surface area contributed by atoms with Crippen molar-refractivity contribution in [2.75, 3.05) is 26.3 Å². The van der Waals surface area contributed by atoms with E-state index in [1.165, 1.54) is 10.5 Å².